The molecular formula is C29H28N6. The Hall–Kier alpha value is -3.80. The molecule has 0 amide bonds. The number of fused-ring (bicyclic) bond motifs is 14. The van der Waals surface area contributed by atoms with Crippen LogP contribution >= 0.6 is 0 Å². The summed E-state index contributed by atoms with van der Waals surface area (Å²) in [7, 11) is 4.40. The molecule has 5 aliphatic rings. The zero-order valence-corrected chi connectivity index (χ0v) is 20.4. The van der Waals surface area contributed by atoms with E-state index >= 15 is 0 Å². The minimum absolute atomic E-state index is 0.0934. The van der Waals surface area contributed by atoms with Gasteiger partial charge in [0.1, 0.15) is 12.3 Å². The highest BCUT2D eigenvalue weighted by Gasteiger charge is 2.67. The monoisotopic (exact) mass is 460 g/mol. The van der Waals surface area contributed by atoms with Crippen molar-refractivity contribution in [1.82, 2.24) is 14.9 Å². The summed E-state index contributed by atoms with van der Waals surface area (Å²) >= 11 is 0. The second kappa shape index (κ2) is 6.25. The molecular weight excluding hydrogens is 432 g/mol. The lowest BCUT2D eigenvalue weighted by atomic mass is 9.48. The summed E-state index contributed by atoms with van der Waals surface area (Å²) in [6.07, 6.45) is 8.38. The molecule has 5 atom stereocenters. The molecule has 1 aromatic heterocycles. The predicted molar refractivity (Wildman–Crippen MR) is 139 cm³/mol. The van der Waals surface area contributed by atoms with E-state index in [1.54, 1.807) is 0 Å². The number of hydrogen-bond acceptors (Lipinski definition) is 6. The molecule has 0 saturated heterocycles. The van der Waals surface area contributed by atoms with Gasteiger partial charge in [-0.1, -0.05) is 50.2 Å². The SMILES string of the molecule is CC1c2ccccc2N2c3nccnc3N(C)C2C2(C)C3=C(c4ccccc4N4C=CN(C)C34)C12. The third-order valence-corrected chi connectivity index (χ3v) is 9.23. The van der Waals surface area contributed by atoms with Crippen LogP contribution < -0.4 is 14.7 Å². The molecule has 8 rings (SSSR count). The molecule has 5 unspecified atom stereocenters. The van der Waals surface area contributed by atoms with Gasteiger partial charge in [-0.05, 0) is 34.8 Å². The molecule has 1 aliphatic carbocycles. The van der Waals surface area contributed by atoms with Crippen molar-refractivity contribution in [3.8, 4) is 0 Å². The van der Waals surface area contributed by atoms with Crippen molar-refractivity contribution in [1.29, 1.82) is 0 Å². The van der Waals surface area contributed by atoms with Crippen LogP contribution in [0.25, 0.3) is 5.57 Å². The standard InChI is InChI=1S/C29H28N6/c1-17-18-9-5-8-12-21(18)35-26-25(30-13-14-31-26)33(4)28(35)29(2)23(17)22-19-10-6-7-11-20(19)34-16-15-32(3)27(34)24(22)29/h5-17,23,27-28H,1-4H3. The lowest BCUT2D eigenvalue weighted by Crippen LogP contribution is -2.64. The van der Waals surface area contributed by atoms with E-state index in [9.17, 15) is 0 Å². The van der Waals surface area contributed by atoms with Gasteiger partial charge >= 0.3 is 0 Å². The van der Waals surface area contributed by atoms with Crippen LogP contribution in [0.4, 0.5) is 23.0 Å². The van der Waals surface area contributed by atoms with Crippen molar-refractivity contribution < 1.29 is 0 Å². The maximum atomic E-state index is 4.87. The van der Waals surface area contributed by atoms with E-state index in [1.807, 2.05) is 12.4 Å². The summed E-state index contributed by atoms with van der Waals surface area (Å²) in [5, 5.41) is 0. The molecule has 6 nitrogen and oxygen atoms in total. The van der Waals surface area contributed by atoms with E-state index < -0.39 is 0 Å². The number of hydrogen-bond donors (Lipinski definition) is 0. The zero-order chi connectivity index (χ0) is 23.6. The average molecular weight is 461 g/mol. The highest BCUT2D eigenvalue weighted by Crippen LogP contribution is 2.71. The lowest BCUT2D eigenvalue weighted by Gasteiger charge is -2.62. The highest BCUT2D eigenvalue weighted by atomic mass is 15.5. The minimum Gasteiger partial charge on any atom is -0.355 e. The van der Waals surface area contributed by atoms with Crippen LogP contribution in [0, 0.1) is 11.3 Å². The van der Waals surface area contributed by atoms with Crippen molar-refractivity contribution in [2.45, 2.75) is 32.1 Å². The number of likely N-dealkylation sites (N-methyl/N-ethyl adjacent to an activating group) is 1. The molecule has 2 aromatic carbocycles. The predicted octanol–water partition coefficient (Wildman–Crippen LogP) is 5.16. The molecule has 3 aromatic rings. The summed E-state index contributed by atoms with van der Waals surface area (Å²) in [5.41, 5.74) is 8.30. The summed E-state index contributed by atoms with van der Waals surface area (Å²) in [6, 6.07) is 17.9. The lowest BCUT2D eigenvalue weighted by molar-refractivity contribution is 0.153. The first-order valence-corrected chi connectivity index (χ1v) is 12.5. The van der Waals surface area contributed by atoms with Crippen molar-refractivity contribution in [3.63, 3.8) is 0 Å². The van der Waals surface area contributed by atoms with E-state index in [-0.39, 0.29) is 17.7 Å². The Kier molecular flexibility index (Phi) is 3.48. The van der Waals surface area contributed by atoms with Crippen LogP contribution in [-0.4, -0.2) is 41.3 Å². The maximum Gasteiger partial charge on any atom is 0.178 e. The van der Waals surface area contributed by atoms with Crippen molar-refractivity contribution >= 4 is 28.6 Å². The summed E-state index contributed by atoms with van der Waals surface area (Å²) in [6.45, 7) is 4.92. The second-order valence-corrected chi connectivity index (χ2v) is 10.8. The van der Waals surface area contributed by atoms with Crippen LogP contribution in [0.15, 0.2) is 78.9 Å². The molecule has 174 valence electrons. The average Bonchev–Trinajstić information content (AvgIpc) is 3.38. The van der Waals surface area contributed by atoms with Crippen LogP contribution in [0.5, 0.6) is 0 Å². The number of aromatic nitrogens is 2. The van der Waals surface area contributed by atoms with Gasteiger partial charge in [-0.15, -0.1) is 0 Å². The number of anilines is 4. The van der Waals surface area contributed by atoms with Gasteiger partial charge in [0.05, 0.1) is 5.69 Å². The van der Waals surface area contributed by atoms with E-state index in [0.29, 0.717) is 11.8 Å². The highest BCUT2D eigenvalue weighted by molar-refractivity contribution is 5.94. The molecule has 6 heteroatoms. The Bertz CT molecular complexity index is 1480. The van der Waals surface area contributed by atoms with Gasteiger partial charge < -0.3 is 19.6 Å². The van der Waals surface area contributed by atoms with Gasteiger partial charge in [0.15, 0.2) is 11.6 Å². The van der Waals surface area contributed by atoms with Crippen LogP contribution in [0.2, 0.25) is 0 Å². The third kappa shape index (κ3) is 2.05. The Balaban J connectivity index is 1.45. The van der Waals surface area contributed by atoms with Gasteiger partial charge in [0, 0.05) is 61.5 Å². The quantitative estimate of drug-likeness (QED) is 0.461. The smallest absolute Gasteiger partial charge is 0.178 e. The van der Waals surface area contributed by atoms with E-state index in [2.05, 4.69) is 108 Å². The molecule has 4 aliphatic heterocycles. The number of benzene rings is 2. The number of allylic oxidation sites excluding steroid dienone is 1. The molecule has 0 N–H and O–H groups in total. The Morgan fingerprint density at radius 1 is 0.857 bits per heavy atom. The largest absolute Gasteiger partial charge is 0.355 e. The first-order valence-electron chi connectivity index (χ1n) is 12.5. The van der Waals surface area contributed by atoms with E-state index in [0.717, 1.165) is 11.6 Å². The molecule has 0 radical (unpaired) electrons. The van der Waals surface area contributed by atoms with Crippen molar-refractivity contribution in [2.24, 2.45) is 11.3 Å². The summed E-state index contributed by atoms with van der Waals surface area (Å²) < 4.78 is 0. The summed E-state index contributed by atoms with van der Waals surface area (Å²) in [4.78, 5) is 19.4. The maximum absolute atomic E-state index is 4.87. The fraction of sp³-hybridized carbons (Fsp3) is 0.310. The topological polar surface area (TPSA) is 38.7 Å². The van der Waals surface area contributed by atoms with Gasteiger partial charge in [-0.3, -0.25) is 0 Å². The Morgan fingerprint density at radius 3 is 2.40 bits per heavy atom. The summed E-state index contributed by atoms with van der Waals surface area (Å²) in [5.74, 6) is 2.67. The number of para-hydroxylation sites is 2. The fourth-order valence-corrected chi connectivity index (χ4v) is 8.00. The molecule has 0 saturated carbocycles. The molecule has 0 fully saturated rings. The Labute approximate surface area is 205 Å². The normalized spacial score (nSPS) is 31.1. The molecule has 5 heterocycles. The minimum atomic E-state index is -0.109. The molecule has 0 spiro atoms. The van der Waals surface area contributed by atoms with Gasteiger partial charge in [-0.25, -0.2) is 9.97 Å². The molecule has 35 heavy (non-hydrogen) atoms. The first-order chi connectivity index (χ1) is 17.0. The zero-order valence-electron chi connectivity index (χ0n) is 20.4. The Morgan fingerprint density at radius 2 is 1.57 bits per heavy atom. The fourth-order valence-electron chi connectivity index (χ4n) is 8.00. The van der Waals surface area contributed by atoms with Crippen LogP contribution in [0.1, 0.15) is 30.9 Å². The van der Waals surface area contributed by atoms with Crippen LogP contribution in [-0.2, 0) is 0 Å². The van der Waals surface area contributed by atoms with E-state index in [1.165, 1.54) is 33.6 Å². The number of nitrogens with zero attached hydrogens (tertiary/aromatic N) is 6. The van der Waals surface area contributed by atoms with Crippen molar-refractivity contribution in [2.75, 3.05) is 28.8 Å². The third-order valence-electron chi connectivity index (χ3n) is 9.23. The van der Waals surface area contributed by atoms with Gasteiger partial charge in [-0.2, -0.15) is 0 Å². The van der Waals surface area contributed by atoms with Crippen LogP contribution in [0.3, 0.4) is 0 Å². The van der Waals surface area contributed by atoms with Gasteiger partial charge in [0.25, 0.3) is 0 Å². The van der Waals surface area contributed by atoms with E-state index in [4.69, 9.17) is 9.97 Å². The first kappa shape index (κ1) is 19.5. The molecule has 0 bridgehead atoms. The second-order valence-electron chi connectivity index (χ2n) is 10.8. The van der Waals surface area contributed by atoms with Crippen molar-refractivity contribution in [3.05, 3.63) is 90.0 Å². The van der Waals surface area contributed by atoms with Gasteiger partial charge in [0.2, 0.25) is 0 Å². The number of rotatable bonds is 0.